The highest BCUT2D eigenvalue weighted by molar-refractivity contribution is 6.33. The van der Waals surface area contributed by atoms with Gasteiger partial charge in [0.1, 0.15) is 0 Å². The van der Waals surface area contributed by atoms with Crippen molar-refractivity contribution in [1.29, 1.82) is 0 Å². The van der Waals surface area contributed by atoms with Gasteiger partial charge in [0.05, 0.1) is 10.7 Å². The van der Waals surface area contributed by atoms with E-state index in [1.807, 2.05) is 4.90 Å². The second-order valence-corrected chi connectivity index (χ2v) is 4.29. The first-order valence-corrected chi connectivity index (χ1v) is 5.85. The molecule has 1 aromatic carbocycles. The molecule has 0 saturated carbocycles. The number of rotatable bonds is 2. The standard InChI is InChI=1S/C12H13ClN2O2/c13-10-3-1-2-9(8-16)12(10)15-6-4-11(17)14-5-7-15/h1-3,8H,4-7H2,(H,14,17). The Bertz CT molecular complexity index is 448. The first-order valence-electron chi connectivity index (χ1n) is 5.47. The van der Waals surface area contributed by atoms with E-state index < -0.39 is 0 Å². The molecule has 1 amide bonds. The van der Waals surface area contributed by atoms with Crippen LogP contribution in [0.3, 0.4) is 0 Å². The first-order chi connectivity index (χ1) is 8.22. The van der Waals surface area contributed by atoms with Crippen LogP contribution < -0.4 is 10.2 Å². The number of carbonyl (C=O) groups excluding carboxylic acids is 2. The quantitative estimate of drug-likeness (QED) is 0.811. The number of para-hydroxylation sites is 1. The minimum absolute atomic E-state index is 0.0345. The summed E-state index contributed by atoms with van der Waals surface area (Å²) in [7, 11) is 0. The number of halogens is 1. The van der Waals surface area contributed by atoms with Crippen LogP contribution in [0.5, 0.6) is 0 Å². The van der Waals surface area contributed by atoms with Gasteiger partial charge in [-0.1, -0.05) is 17.7 Å². The van der Waals surface area contributed by atoms with E-state index in [4.69, 9.17) is 11.6 Å². The minimum atomic E-state index is 0.0345. The molecular formula is C12H13ClN2O2. The van der Waals surface area contributed by atoms with E-state index in [2.05, 4.69) is 5.32 Å². The molecule has 1 aliphatic heterocycles. The Balaban J connectivity index is 2.32. The van der Waals surface area contributed by atoms with Crippen molar-refractivity contribution in [1.82, 2.24) is 5.32 Å². The van der Waals surface area contributed by atoms with Gasteiger partial charge in [-0.25, -0.2) is 0 Å². The highest BCUT2D eigenvalue weighted by Gasteiger charge is 2.18. The van der Waals surface area contributed by atoms with Crippen molar-refractivity contribution in [3.8, 4) is 0 Å². The van der Waals surface area contributed by atoms with Gasteiger partial charge < -0.3 is 10.2 Å². The normalized spacial score (nSPS) is 16.3. The lowest BCUT2D eigenvalue weighted by atomic mass is 10.1. The average Bonchev–Trinajstić information content (AvgIpc) is 2.54. The maximum Gasteiger partial charge on any atom is 0.221 e. The Hall–Kier alpha value is -1.55. The van der Waals surface area contributed by atoms with Crippen molar-refractivity contribution < 1.29 is 9.59 Å². The average molecular weight is 253 g/mol. The van der Waals surface area contributed by atoms with Crippen LogP contribution in [0, 0.1) is 0 Å². The van der Waals surface area contributed by atoms with E-state index in [0.717, 1.165) is 12.0 Å². The van der Waals surface area contributed by atoms with Crippen molar-refractivity contribution in [3.05, 3.63) is 28.8 Å². The summed E-state index contributed by atoms with van der Waals surface area (Å²) in [6, 6.07) is 5.23. The van der Waals surface area contributed by atoms with E-state index in [9.17, 15) is 9.59 Å². The number of nitrogens with one attached hydrogen (secondary N) is 1. The third-order valence-corrected chi connectivity index (χ3v) is 3.08. The number of aldehydes is 1. The Labute approximate surface area is 105 Å². The number of carbonyl (C=O) groups is 2. The molecule has 90 valence electrons. The Morgan fingerprint density at radius 2 is 2.18 bits per heavy atom. The zero-order valence-electron chi connectivity index (χ0n) is 9.28. The molecule has 1 saturated heterocycles. The molecule has 1 aliphatic rings. The van der Waals surface area contributed by atoms with Crippen LogP contribution >= 0.6 is 11.6 Å². The van der Waals surface area contributed by atoms with Gasteiger partial charge in [-0.2, -0.15) is 0 Å². The summed E-state index contributed by atoms with van der Waals surface area (Å²) >= 11 is 6.13. The predicted octanol–water partition coefficient (Wildman–Crippen LogP) is 1.48. The van der Waals surface area contributed by atoms with Gasteiger partial charge in [0.2, 0.25) is 5.91 Å². The van der Waals surface area contributed by atoms with E-state index in [1.165, 1.54) is 0 Å². The number of hydrogen-bond donors (Lipinski definition) is 1. The van der Waals surface area contributed by atoms with E-state index >= 15 is 0 Å². The fraction of sp³-hybridized carbons (Fsp3) is 0.333. The molecule has 0 aliphatic carbocycles. The number of hydrogen-bond acceptors (Lipinski definition) is 3. The molecule has 1 heterocycles. The highest BCUT2D eigenvalue weighted by Crippen LogP contribution is 2.29. The molecule has 5 heteroatoms. The molecule has 4 nitrogen and oxygen atoms in total. The van der Waals surface area contributed by atoms with E-state index in [1.54, 1.807) is 18.2 Å². The number of benzene rings is 1. The molecule has 0 unspecified atom stereocenters. The summed E-state index contributed by atoms with van der Waals surface area (Å²) < 4.78 is 0. The lowest BCUT2D eigenvalue weighted by Crippen LogP contribution is -2.29. The van der Waals surface area contributed by atoms with Crippen LogP contribution in [0.2, 0.25) is 5.02 Å². The van der Waals surface area contributed by atoms with Crippen molar-refractivity contribution in [2.75, 3.05) is 24.5 Å². The summed E-state index contributed by atoms with van der Waals surface area (Å²) in [6.07, 6.45) is 1.21. The molecular weight excluding hydrogens is 240 g/mol. The van der Waals surface area contributed by atoms with Crippen molar-refractivity contribution in [3.63, 3.8) is 0 Å². The highest BCUT2D eigenvalue weighted by atomic mass is 35.5. The van der Waals surface area contributed by atoms with Gasteiger partial charge in [0, 0.05) is 31.6 Å². The summed E-state index contributed by atoms with van der Waals surface area (Å²) in [5.41, 5.74) is 1.28. The summed E-state index contributed by atoms with van der Waals surface area (Å²) in [5.74, 6) is 0.0345. The molecule has 1 aromatic rings. The molecule has 0 radical (unpaired) electrons. The fourth-order valence-corrected chi connectivity index (χ4v) is 2.25. The monoisotopic (exact) mass is 252 g/mol. The molecule has 0 aromatic heterocycles. The van der Waals surface area contributed by atoms with Crippen LogP contribution in [0.25, 0.3) is 0 Å². The summed E-state index contributed by atoms with van der Waals surface area (Å²) in [6.45, 7) is 1.81. The molecule has 1 fully saturated rings. The largest absolute Gasteiger partial charge is 0.367 e. The maximum absolute atomic E-state index is 11.3. The summed E-state index contributed by atoms with van der Waals surface area (Å²) in [4.78, 5) is 24.2. The van der Waals surface area contributed by atoms with Gasteiger partial charge >= 0.3 is 0 Å². The molecule has 2 rings (SSSR count). The smallest absolute Gasteiger partial charge is 0.221 e. The fourth-order valence-electron chi connectivity index (χ4n) is 1.95. The van der Waals surface area contributed by atoms with Gasteiger partial charge in [-0.05, 0) is 12.1 Å². The Morgan fingerprint density at radius 3 is 2.94 bits per heavy atom. The second-order valence-electron chi connectivity index (χ2n) is 3.88. The number of nitrogens with zero attached hydrogens (tertiary/aromatic N) is 1. The Morgan fingerprint density at radius 1 is 1.35 bits per heavy atom. The molecule has 0 bridgehead atoms. The van der Waals surface area contributed by atoms with Crippen molar-refractivity contribution in [2.45, 2.75) is 6.42 Å². The van der Waals surface area contributed by atoms with E-state index in [0.29, 0.717) is 36.6 Å². The number of amides is 1. The van der Waals surface area contributed by atoms with Crippen LogP contribution in [-0.4, -0.2) is 31.8 Å². The molecule has 0 atom stereocenters. The molecule has 1 N–H and O–H groups in total. The Kier molecular flexibility index (Phi) is 3.64. The van der Waals surface area contributed by atoms with E-state index in [-0.39, 0.29) is 5.91 Å². The zero-order valence-corrected chi connectivity index (χ0v) is 10.0. The third-order valence-electron chi connectivity index (χ3n) is 2.77. The van der Waals surface area contributed by atoms with Crippen LogP contribution in [0.1, 0.15) is 16.8 Å². The maximum atomic E-state index is 11.3. The minimum Gasteiger partial charge on any atom is -0.367 e. The van der Waals surface area contributed by atoms with Gasteiger partial charge in [-0.3, -0.25) is 9.59 Å². The number of anilines is 1. The summed E-state index contributed by atoms with van der Waals surface area (Å²) in [5, 5.41) is 3.33. The lowest BCUT2D eigenvalue weighted by Gasteiger charge is -2.24. The van der Waals surface area contributed by atoms with Gasteiger partial charge in [0.25, 0.3) is 0 Å². The van der Waals surface area contributed by atoms with Crippen molar-refractivity contribution in [2.24, 2.45) is 0 Å². The van der Waals surface area contributed by atoms with Crippen LogP contribution in [0.15, 0.2) is 18.2 Å². The second kappa shape index (κ2) is 5.19. The first kappa shape index (κ1) is 11.9. The van der Waals surface area contributed by atoms with Crippen molar-refractivity contribution >= 4 is 29.5 Å². The third kappa shape index (κ3) is 2.58. The van der Waals surface area contributed by atoms with Gasteiger partial charge in [-0.15, -0.1) is 0 Å². The molecule has 0 spiro atoms. The lowest BCUT2D eigenvalue weighted by molar-refractivity contribution is -0.120. The SMILES string of the molecule is O=Cc1cccc(Cl)c1N1CCNC(=O)CC1. The predicted molar refractivity (Wildman–Crippen MR) is 66.7 cm³/mol. The van der Waals surface area contributed by atoms with Crippen LogP contribution in [0.4, 0.5) is 5.69 Å². The topological polar surface area (TPSA) is 49.4 Å². The molecule has 17 heavy (non-hydrogen) atoms. The zero-order chi connectivity index (χ0) is 12.3. The van der Waals surface area contributed by atoms with Crippen LogP contribution in [-0.2, 0) is 4.79 Å². The van der Waals surface area contributed by atoms with Gasteiger partial charge in [0.15, 0.2) is 6.29 Å².